The molecule has 0 aliphatic rings. The average Bonchev–Trinajstić information content (AvgIpc) is 3.50. The summed E-state index contributed by atoms with van der Waals surface area (Å²) in [5.74, 6) is -1.68. The Labute approximate surface area is 196 Å². The molecule has 0 saturated heterocycles. The third-order valence-corrected chi connectivity index (χ3v) is 4.94. The molecule has 4 aromatic rings. The van der Waals surface area contributed by atoms with Crippen molar-refractivity contribution in [3.8, 4) is 34.3 Å². The van der Waals surface area contributed by atoms with E-state index < -0.39 is 47.2 Å². The summed E-state index contributed by atoms with van der Waals surface area (Å²) in [5, 5.41) is 29.0. The Morgan fingerprint density at radius 2 is 1.69 bits per heavy atom. The summed E-state index contributed by atoms with van der Waals surface area (Å²) in [6.07, 6.45) is -7.06. The number of aliphatic hydroxyl groups excluding tert-OH is 2. The molecule has 2 heterocycles. The Morgan fingerprint density at radius 1 is 1.00 bits per heavy atom. The molecule has 1 amide bonds. The summed E-state index contributed by atoms with van der Waals surface area (Å²) in [5.41, 5.74) is -0.980. The van der Waals surface area contributed by atoms with Crippen molar-refractivity contribution in [2.75, 3.05) is 6.54 Å². The van der Waals surface area contributed by atoms with Crippen molar-refractivity contribution in [3.05, 3.63) is 65.7 Å². The van der Waals surface area contributed by atoms with Crippen molar-refractivity contribution >= 4 is 5.91 Å². The van der Waals surface area contributed by atoms with Gasteiger partial charge in [0.1, 0.15) is 5.56 Å². The zero-order valence-electron chi connectivity index (χ0n) is 18.2. The quantitative estimate of drug-likeness (QED) is 0.359. The molecule has 3 N–H and O–H groups in total. The van der Waals surface area contributed by atoms with E-state index in [1.807, 2.05) is 0 Å². The van der Waals surface area contributed by atoms with Gasteiger partial charge >= 0.3 is 6.18 Å². The van der Waals surface area contributed by atoms with Crippen LogP contribution >= 0.6 is 0 Å². The predicted molar refractivity (Wildman–Crippen MR) is 115 cm³/mol. The first-order valence-corrected chi connectivity index (χ1v) is 10.4. The number of amides is 1. The van der Waals surface area contributed by atoms with Gasteiger partial charge in [0, 0.05) is 17.7 Å². The number of nitrogens with one attached hydrogen (secondary N) is 1. The van der Waals surface area contributed by atoms with Crippen LogP contribution < -0.4 is 5.32 Å². The molecule has 35 heavy (non-hydrogen) atoms. The SMILES string of the molecule is C[C@H](O)CNC(=O)C(O)c1ccc(-c2noc(-c3noc(-c4ccccc4)c3C(F)(F)F)n2)cc1. The van der Waals surface area contributed by atoms with Gasteiger partial charge in [0.05, 0.1) is 6.10 Å². The molecular weight excluding hydrogens is 469 g/mol. The van der Waals surface area contributed by atoms with Gasteiger partial charge in [-0.2, -0.15) is 18.2 Å². The maximum atomic E-state index is 13.9. The lowest BCUT2D eigenvalue weighted by Gasteiger charge is -2.12. The fourth-order valence-electron chi connectivity index (χ4n) is 3.23. The second kappa shape index (κ2) is 9.68. The van der Waals surface area contributed by atoms with Crippen LogP contribution in [0.25, 0.3) is 34.3 Å². The average molecular weight is 488 g/mol. The van der Waals surface area contributed by atoms with E-state index in [1.54, 1.807) is 18.2 Å². The number of hydrogen-bond acceptors (Lipinski definition) is 8. The monoisotopic (exact) mass is 488 g/mol. The van der Waals surface area contributed by atoms with Gasteiger partial charge < -0.3 is 24.6 Å². The number of aliphatic hydroxyl groups is 2. The lowest BCUT2D eigenvalue weighted by atomic mass is 10.1. The zero-order valence-corrected chi connectivity index (χ0v) is 18.2. The first-order chi connectivity index (χ1) is 16.6. The van der Waals surface area contributed by atoms with Gasteiger partial charge in [-0.3, -0.25) is 4.79 Å². The molecule has 0 aliphatic carbocycles. The molecule has 0 bridgehead atoms. The highest BCUT2D eigenvalue weighted by atomic mass is 19.4. The Morgan fingerprint density at radius 3 is 2.31 bits per heavy atom. The van der Waals surface area contributed by atoms with Crippen LogP contribution in [0.5, 0.6) is 0 Å². The lowest BCUT2D eigenvalue weighted by Crippen LogP contribution is -2.34. The molecular formula is C23H19F3N4O5. The fourth-order valence-corrected chi connectivity index (χ4v) is 3.23. The number of rotatable bonds is 7. The fraction of sp³-hybridized carbons (Fsp3) is 0.217. The number of alkyl halides is 3. The van der Waals surface area contributed by atoms with E-state index in [2.05, 4.69) is 20.6 Å². The van der Waals surface area contributed by atoms with E-state index in [1.165, 1.54) is 43.3 Å². The van der Waals surface area contributed by atoms with Gasteiger partial charge in [-0.1, -0.05) is 64.9 Å². The van der Waals surface area contributed by atoms with Crippen molar-refractivity contribution in [2.45, 2.75) is 25.3 Å². The van der Waals surface area contributed by atoms with Gasteiger partial charge in [0.25, 0.3) is 11.8 Å². The molecule has 9 nitrogen and oxygen atoms in total. The second-order valence-electron chi connectivity index (χ2n) is 7.64. The summed E-state index contributed by atoms with van der Waals surface area (Å²) >= 11 is 0. The minimum Gasteiger partial charge on any atom is -0.392 e. The van der Waals surface area contributed by atoms with Crippen molar-refractivity contribution in [1.82, 2.24) is 20.6 Å². The Balaban J connectivity index is 1.60. The molecule has 0 aliphatic heterocycles. The van der Waals surface area contributed by atoms with Crippen molar-refractivity contribution in [2.24, 2.45) is 0 Å². The van der Waals surface area contributed by atoms with Crippen LogP contribution in [0.15, 0.2) is 63.6 Å². The van der Waals surface area contributed by atoms with Crippen LogP contribution in [0.1, 0.15) is 24.2 Å². The van der Waals surface area contributed by atoms with Gasteiger partial charge in [-0.05, 0) is 12.5 Å². The first kappa shape index (κ1) is 24.1. The predicted octanol–water partition coefficient (Wildman–Crippen LogP) is 3.61. The number of carbonyl (C=O) groups is 1. The van der Waals surface area contributed by atoms with Crippen LogP contribution in [0, 0.1) is 0 Å². The van der Waals surface area contributed by atoms with E-state index >= 15 is 0 Å². The number of benzene rings is 2. The molecule has 0 spiro atoms. The summed E-state index contributed by atoms with van der Waals surface area (Å²) in [4.78, 5) is 16.0. The molecule has 2 aromatic heterocycles. The smallest absolute Gasteiger partial charge is 0.392 e. The van der Waals surface area contributed by atoms with E-state index in [9.17, 15) is 28.2 Å². The molecule has 1 unspecified atom stereocenters. The van der Waals surface area contributed by atoms with Crippen molar-refractivity contribution < 1.29 is 37.2 Å². The van der Waals surface area contributed by atoms with Gasteiger partial charge in [-0.25, -0.2) is 0 Å². The van der Waals surface area contributed by atoms with Crippen LogP contribution in [-0.2, 0) is 11.0 Å². The normalized spacial score (nSPS) is 13.4. The first-order valence-electron chi connectivity index (χ1n) is 10.4. The number of aromatic nitrogens is 3. The maximum absolute atomic E-state index is 13.9. The summed E-state index contributed by atoms with van der Waals surface area (Å²) < 4.78 is 51.6. The van der Waals surface area contributed by atoms with Gasteiger partial charge in [-0.15, -0.1) is 0 Å². The van der Waals surface area contributed by atoms with Crippen LogP contribution in [-0.4, -0.2) is 44.1 Å². The highest BCUT2D eigenvalue weighted by Crippen LogP contribution is 2.43. The highest BCUT2D eigenvalue weighted by molar-refractivity contribution is 5.82. The Hall–Kier alpha value is -4.03. The largest absolute Gasteiger partial charge is 0.422 e. The number of carbonyl (C=O) groups excluding carboxylic acids is 1. The summed E-state index contributed by atoms with van der Waals surface area (Å²) in [6.45, 7) is 1.47. The van der Waals surface area contributed by atoms with E-state index in [0.717, 1.165) is 0 Å². The van der Waals surface area contributed by atoms with Crippen molar-refractivity contribution in [1.29, 1.82) is 0 Å². The molecule has 2 atom stereocenters. The third kappa shape index (κ3) is 5.23. The molecule has 182 valence electrons. The van der Waals surface area contributed by atoms with E-state index in [0.29, 0.717) is 5.56 Å². The van der Waals surface area contributed by atoms with Crippen LogP contribution in [0.2, 0.25) is 0 Å². The Kier molecular flexibility index (Phi) is 6.67. The van der Waals surface area contributed by atoms with Crippen molar-refractivity contribution in [3.63, 3.8) is 0 Å². The van der Waals surface area contributed by atoms with Gasteiger partial charge in [0.15, 0.2) is 17.6 Å². The van der Waals surface area contributed by atoms with Gasteiger partial charge in [0.2, 0.25) is 5.82 Å². The standard InChI is InChI=1S/C23H19F3N4O5/c1-12(31)11-27-21(33)18(32)13-7-9-15(10-8-13)20-28-22(35-30-20)17-16(23(24,25)26)19(34-29-17)14-5-3-2-4-6-14/h2-10,12,18,31-32H,11H2,1H3,(H,27,33)/t12-,18?/m0/s1. The summed E-state index contributed by atoms with van der Waals surface area (Å²) in [7, 11) is 0. The zero-order chi connectivity index (χ0) is 25.2. The number of halogens is 3. The molecule has 0 fully saturated rings. The minimum atomic E-state index is -4.80. The molecule has 0 saturated carbocycles. The molecule has 0 radical (unpaired) electrons. The maximum Gasteiger partial charge on any atom is 0.422 e. The lowest BCUT2D eigenvalue weighted by molar-refractivity contribution is -0.137. The Bertz CT molecular complexity index is 1300. The molecule has 2 aromatic carbocycles. The number of hydrogen-bond donors (Lipinski definition) is 3. The highest BCUT2D eigenvalue weighted by Gasteiger charge is 2.42. The third-order valence-electron chi connectivity index (χ3n) is 4.94. The van der Waals surface area contributed by atoms with E-state index in [4.69, 9.17) is 9.05 Å². The second-order valence-corrected chi connectivity index (χ2v) is 7.64. The number of nitrogens with zero attached hydrogens (tertiary/aromatic N) is 3. The topological polar surface area (TPSA) is 135 Å². The van der Waals surface area contributed by atoms with E-state index in [-0.39, 0.29) is 23.5 Å². The summed E-state index contributed by atoms with van der Waals surface area (Å²) in [6, 6.07) is 13.5. The minimum absolute atomic E-state index is 0.0203. The van der Waals surface area contributed by atoms with Crippen LogP contribution in [0.4, 0.5) is 13.2 Å². The van der Waals surface area contributed by atoms with Crippen LogP contribution in [0.3, 0.4) is 0 Å². The molecule has 4 rings (SSSR count). The molecule has 12 heteroatoms.